The van der Waals surface area contributed by atoms with Crippen molar-refractivity contribution in [1.82, 2.24) is 15.1 Å². The molecule has 0 aliphatic rings. The van der Waals surface area contributed by atoms with Crippen LogP contribution in [0.15, 0.2) is 47.0 Å². The minimum atomic E-state index is -0.271. The zero-order valence-electron chi connectivity index (χ0n) is 17.3. The van der Waals surface area contributed by atoms with Gasteiger partial charge < -0.3 is 14.6 Å². The van der Waals surface area contributed by atoms with Gasteiger partial charge in [0.05, 0.1) is 0 Å². The van der Waals surface area contributed by atoms with Crippen LogP contribution >= 0.6 is 0 Å². The fourth-order valence-electron chi connectivity index (χ4n) is 3.51. The van der Waals surface area contributed by atoms with Gasteiger partial charge in [0.15, 0.2) is 6.61 Å². The van der Waals surface area contributed by atoms with Crippen LogP contribution in [0.2, 0.25) is 0 Å². The largest absolute Gasteiger partial charge is 0.467 e. The third-order valence-electron chi connectivity index (χ3n) is 4.74. The standard InChI is InChI=1S/C23H22N4O3/c1-13-10-14(2)20(15(3)11-13)26-18(28)12-29-22-19-21(17-8-6-5-7-9-17)27-30-23(19)25-16(4)24-22/h5-11H,12H2,1-4H3,(H,26,28). The Hall–Kier alpha value is -3.74. The monoisotopic (exact) mass is 402 g/mol. The highest BCUT2D eigenvalue weighted by atomic mass is 16.5. The normalized spacial score (nSPS) is 10.9. The molecular weight excluding hydrogens is 380 g/mol. The van der Waals surface area contributed by atoms with Gasteiger partial charge in [-0.3, -0.25) is 4.79 Å². The van der Waals surface area contributed by atoms with Crippen molar-refractivity contribution in [3.8, 4) is 17.1 Å². The number of amides is 1. The molecule has 0 radical (unpaired) electrons. The predicted octanol–water partition coefficient (Wildman–Crippen LogP) is 4.54. The quantitative estimate of drug-likeness (QED) is 0.527. The van der Waals surface area contributed by atoms with E-state index in [9.17, 15) is 4.79 Å². The molecule has 7 nitrogen and oxygen atoms in total. The van der Waals surface area contributed by atoms with E-state index in [0.29, 0.717) is 22.6 Å². The van der Waals surface area contributed by atoms with E-state index < -0.39 is 0 Å². The Morgan fingerprint density at radius 3 is 2.43 bits per heavy atom. The number of hydrogen-bond acceptors (Lipinski definition) is 6. The summed E-state index contributed by atoms with van der Waals surface area (Å²) in [6.45, 7) is 7.50. The highest BCUT2D eigenvalue weighted by Crippen LogP contribution is 2.33. The van der Waals surface area contributed by atoms with Crippen molar-refractivity contribution < 1.29 is 14.1 Å². The van der Waals surface area contributed by atoms with Crippen molar-refractivity contribution in [3.63, 3.8) is 0 Å². The van der Waals surface area contributed by atoms with E-state index in [1.54, 1.807) is 6.92 Å². The summed E-state index contributed by atoms with van der Waals surface area (Å²) in [6.07, 6.45) is 0. The van der Waals surface area contributed by atoms with Crippen molar-refractivity contribution in [2.24, 2.45) is 0 Å². The molecule has 0 spiro atoms. The summed E-state index contributed by atoms with van der Waals surface area (Å²) >= 11 is 0. The smallest absolute Gasteiger partial charge is 0.265 e. The summed E-state index contributed by atoms with van der Waals surface area (Å²) in [5.41, 5.74) is 5.71. The first-order valence-electron chi connectivity index (χ1n) is 9.62. The Kier molecular flexibility index (Phi) is 5.18. The van der Waals surface area contributed by atoms with Gasteiger partial charge in [-0.1, -0.05) is 53.2 Å². The summed E-state index contributed by atoms with van der Waals surface area (Å²) in [4.78, 5) is 21.2. The van der Waals surface area contributed by atoms with Crippen molar-refractivity contribution in [1.29, 1.82) is 0 Å². The van der Waals surface area contributed by atoms with Gasteiger partial charge in [-0.05, 0) is 38.8 Å². The van der Waals surface area contributed by atoms with Crippen LogP contribution in [-0.2, 0) is 4.79 Å². The number of hydrogen-bond donors (Lipinski definition) is 1. The van der Waals surface area contributed by atoms with Gasteiger partial charge in [-0.15, -0.1) is 0 Å². The molecule has 30 heavy (non-hydrogen) atoms. The molecule has 7 heteroatoms. The zero-order chi connectivity index (χ0) is 21.3. The molecule has 2 aromatic heterocycles. The van der Waals surface area contributed by atoms with Crippen LogP contribution in [-0.4, -0.2) is 27.6 Å². The van der Waals surface area contributed by atoms with E-state index in [1.807, 2.05) is 63.2 Å². The Morgan fingerprint density at radius 2 is 1.73 bits per heavy atom. The van der Waals surface area contributed by atoms with E-state index >= 15 is 0 Å². The Bertz CT molecular complexity index is 1210. The molecule has 0 saturated carbocycles. The number of nitrogens with one attached hydrogen (secondary N) is 1. The van der Waals surface area contributed by atoms with E-state index in [0.717, 1.165) is 27.9 Å². The molecule has 0 saturated heterocycles. The van der Waals surface area contributed by atoms with E-state index in [1.165, 1.54) is 0 Å². The number of benzene rings is 2. The summed E-state index contributed by atoms with van der Waals surface area (Å²) in [7, 11) is 0. The van der Waals surface area contributed by atoms with Crippen LogP contribution in [0.1, 0.15) is 22.5 Å². The molecule has 0 aliphatic carbocycles. The third-order valence-corrected chi connectivity index (χ3v) is 4.74. The van der Waals surface area contributed by atoms with Gasteiger partial charge in [0.2, 0.25) is 5.88 Å². The maximum atomic E-state index is 12.6. The molecule has 4 rings (SSSR count). The fraction of sp³-hybridized carbons (Fsp3) is 0.217. The lowest BCUT2D eigenvalue weighted by molar-refractivity contribution is -0.118. The first-order chi connectivity index (χ1) is 14.4. The van der Waals surface area contributed by atoms with E-state index in [2.05, 4.69) is 20.4 Å². The molecule has 0 bridgehead atoms. The minimum Gasteiger partial charge on any atom is -0.467 e. The number of ether oxygens (including phenoxy) is 1. The number of aromatic nitrogens is 3. The number of aryl methyl sites for hydroxylation is 4. The second-order valence-electron chi connectivity index (χ2n) is 7.26. The summed E-state index contributed by atoms with van der Waals surface area (Å²) in [5, 5.41) is 7.61. The van der Waals surface area contributed by atoms with Gasteiger partial charge in [-0.2, -0.15) is 9.97 Å². The van der Waals surface area contributed by atoms with Gasteiger partial charge in [0.1, 0.15) is 16.9 Å². The summed E-state index contributed by atoms with van der Waals surface area (Å²) < 4.78 is 11.2. The Balaban J connectivity index is 1.60. The maximum Gasteiger partial charge on any atom is 0.265 e. The van der Waals surface area contributed by atoms with Gasteiger partial charge in [0.25, 0.3) is 11.6 Å². The molecule has 152 valence electrons. The number of nitrogens with zero attached hydrogens (tertiary/aromatic N) is 3. The highest BCUT2D eigenvalue weighted by molar-refractivity contribution is 5.95. The lowest BCUT2D eigenvalue weighted by atomic mass is 10.1. The Labute approximate surface area is 174 Å². The highest BCUT2D eigenvalue weighted by Gasteiger charge is 2.20. The third kappa shape index (κ3) is 3.87. The molecule has 0 unspecified atom stereocenters. The van der Waals surface area contributed by atoms with E-state index in [4.69, 9.17) is 9.26 Å². The van der Waals surface area contributed by atoms with Gasteiger partial charge in [0, 0.05) is 11.3 Å². The van der Waals surface area contributed by atoms with Crippen molar-refractivity contribution in [2.45, 2.75) is 27.7 Å². The minimum absolute atomic E-state index is 0.197. The fourth-order valence-corrected chi connectivity index (χ4v) is 3.51. The van der Waals surface area contributed by atoms with E-state index in [-0.39, 0.29) is 18.4 Å². The molecule has 2 aromatic carbocycles. The molecule has 0 aliphatic heterocycles. The van der Waals surface area contributed by atoms with Crippen molar-refractivity contribution in [3.05, 3.63) is 65.0 Å². The predicted molar refractivity (Wildman–Crippen MR) is 115 cm³/mol. The average molecular weight is 402 g/mol. The number of anilines is 1. The first kappa shape index (κ1) is 19.6. The second-order valence-corrected chi connectivity index (χ2v) is 7.26. The topological polar surface area (TPSA) is 90.1 Å². The molecule has 4 aromatic rings. The average Bonchev–Trinajstić information content (AvgIpc) is 3.13. The maximum absolute atomic E-state index is 12.6. The SMILES string of the molecule is Cc1cc(C)c(NC(=O)COc2nc(C)nc3onc(-c4ccccc4)c23)c(C)c1. The molecule has 1 amide bonds. The molecular formula is C23H22N4O3. The Morgan fingerprint density at radius 1 is 1.03 bits per heavy atom. The van der Waals surface area contributed by atoms with Crippen LogP contribution in [0.5, 0.6) is 5.88 Å². The molecule has 2 heterocycles. The van der Waals surface area contributed by atoms with Crippen LogP contribution in [0, 0.1) is 27.7 Å². The number of carbonyl (C=O) groups excluding carboxylic acids is 1. The summed E-state index contributed by atoms with van der Waals surface area (Å²) in [5.74, 6) is 0.469. The lowest BCUT2D eigenvalue weighted by Gasteiger charge is -2.13. The first-order valence-corrected chi connectivity index (χ1v) is 9.62. The number of carbonyl (C=O) groups is 1. The van der Waals surface area contributed by atoms with Crippen LogP contribution in [0.25, 0.3) is 22.4 Å². The van der Waals surface area contributed by atoms with Crippen LogP contribution in [0.4, 0.5) is 5.69 Å². The van der Waals surface area contributed by atoms with Gasteiger partial charge >= 0.3 is 0 Å². The zero-order valence-corrected chi connectivity index (χ0v) is 17.3. The second kappa shape index (κ2) is 7.94. The van der Waals surface area contributed by atoms with Crippen molar-refractivity contribution in [2.75, 3.05) is 11.9 Å². The van der Waals surface area contributed by atoms with Gasteiger partial charge in [-0.25, -0.2) is 0 Å². The van der Waals surface area contributed by atoms with Crippen LogP contribution < -0.4 is 10.1 Å². The number of fused-ring (bicyclic) bond motifs is 1. The molecule has 0 atom stereocenters. The summed E-state index contributed by atoms with van der Waals surface area (Å²) in [6, 6.07) is 13.6. The molecule has 1 N–H and O–H groups in total. The number of rotatable bonds is 5. The van der Waals surface area contributed by atoms with Crippen LogP contribution in [0.3, 0.4) is 0 Å². The van der Waals surface area contributed by atoms with Crippen molar-refractivity contribution >= 4 is 22.7 Å². The lowest BCUT2D eigenvalue weighted by Crippen LogP contribution is -2.21. The molecule has 0 fully saturated rings.